The number of aliphatic hydroxyl groups is 1. The smallest absolute Gasteiger partial charge is 0.0802 e. The Morgan fingerprint density at radius 3 is 2.58 bits per heavy atom. The van der Waals surface area contributed by atoms with E-state index < -0.39 is 0 Å². The van der Waals surface area contributed by atoms with Gasteiger partial charge in [-0.15, -0.1) is 0 Å². The minimum absolute atomic E-state index is 0.331. The molecule has 0 saturated heterocycles. The molecule has 3 atom stereocenters. The Balaban J connectivity index is 1.81. The maximum absolute atomic E-state index is 10.2. The lowest BCUT2D eigenvalue weighted by molar-refractivity contribution is 0.103. The van der Waals surface area contributed by atoms with E-state index in [1.54, 1.807) is 0 Å². The zero-order valence-electron chi connectivity index (χ0n) is 12.3. The Hall–Kier alpha value is -0.860. The summed E-state index contributed by atoms with van der Waals surface area (Å²) in [5.74, 6) is 0.799. The van der Waals surface area contributed by atoms with Crippen LogP contribution in [0.1, 0.15) is 50.7 Å². The second kappa shape index (κ2) is 7.06. The summed E-state index contributed by atoms with van der Waals surface area (Å²) in [5.41, 5.74) is 1.03. The van der Waals surface area contributed by atoms with Crippen LogP contribution in [0.25, 0.3) is 0 Å². The maximum Gasteiger partial charge on any atom is 0.0802 e. The van der Waals surface area contributed by atoms with E-state index in [9.17, 15) is 5.11 Å². The molecule has 2 rings (SSSR count). The average Bonchev–Trinajstić information content (AvgIpc) is 2.46. The summed E-state index contributed by atoms with van der Waals surface area (Å²) >= 11 is 0. The lowest BCUT2D eigenvalue weighted by Crippen LogP contribution is -2.39. The van der Waals surface area contributed by atoms with Crippen molar-refractivity contribution in [3.63, 3.8) is 0 Å². The summed E-state index contributed by atoms with van der Waals surface area (Å²) < 4.78 is 0. The molecule has 0 amide bonds. The number of aliphatic hydroxyl groups excluding tert-OH is 1. The van der Waals surface area contributed by atoms with E-state index in [0.29, 0.717) is 6.04 Å². The highest BCUT2D eigenvalue weighted by molar-refractivity contribution is 5.17. The molecule has 1 aromatic carbocycles. The summed E-state index contributed by atoms with van der Waals surface area (Å²) in [6.07, 6.45) is 5.92. The first kappa shape index (κ1) is 14.5. The largest absolute Gasteiger partial charge is 0.388 e. The average molecular weight is 261 g/mol. The lowest BCUT2D eigenvalue weighted by atomic mass is 9.85. The predicted molar refractivity (Wildman–Crippen MR) is 80.1 cm³/mol. The molecule has 2 heteroatoms. The molecule has 19 heavy (non-hydrogen) atoms. The molecule has 0 heterocycles. The first-order chi connectivity index (χ1) is 9.18. The fourth-order valence-electron chi connectivity index (χ4n) is 3.29. The van der Waals surface area contributed by atoms with Crippen LogP contribution in [0.15, 0.2) is 30.3 Å². The number of hydrogen-bond donors (Lipinski definition) is 1. The van der Waals surface area contributed by atoms with Crippen molar-refractivity contribution in [2.24, 2.45) is 5.92 Å². The van der Waals surface area contributed by atoms with Crippen molar-refractivity contribution in [1.29, 1.82) is 0 Å². The van der Waals surface area contributed by atoms with E-state index in [4.69, 9.17) is 0 Å². The third kappa shape index (κ3) is 4.05. The van der Waals surface area contributed by atoms with E-state index in [1.165, 1.54) is 25.7 Å². The highest BCUT2D eigenvalue weighted by Gasteiger charge is 2.24. The molecule has 1 saturated carbocycles. The van der Waals surface area contributed by atoms with Crippen molar-refractivity contribution >= 4 is 0 Å². The Morgan fingerprint density at radius 1 is 1.21 bits per heavy atom. The summed E-state index contributed by atoms with van der Waals surface area (Å²) in [7, 11) is 2.21. The standard InChI is InChI=1S/C17H27NO/c1-14-8-6-7-11-16(14)18(2)13-12-17(19)15-9-4-3-5-10-15/h3-5,9-10,14,16-17,19H,6-8,11-13H2,1-2H3. The van der Waals surface area contributed by atoms with Gasteiger partial charge < -0.3 is 10.0 Å². The molecule has 0 aliphatic heterocycles. The predicted octanol–water partition coefficient (Wildman–Crippen LogP) is 3.62. The number of hydrogen-bond acceptors (Lipinski definition) is 2. The van der Waals surface area contributed by atoms with E-state index >= 15 is 0 Å². The van der Waals surface area contributed by atoms with Crippen molar-refractivity contribution in [2.75, 3.05) is 13.6 Å². The monoisotopic (exact) mass is 261 g/mol. The number of rotatable bonds is 5. The van der Waals surface area contributed by atoms with Crippen LogP contribution in [-0.2, 0) is 0 Å². The van der Waals surface area contributed by atoms with Gasteiger partial charge in [0.15, 0.2) is 0 Å². The Labute approximate surface area is 117 Å². The van der Waals surface area contributed by atoms with Crippen molar-refractivity contribution in [3.05, 3.63) is 35.9 Å². The highest BCUT2D eigenvalue weighted by Crippen LogP contribution is 2.28. The fraction of sp³-hybridized carbons (Fsp3) is 0.647. The van der Waals surface area contributed by atoms with Gasteiger partial charge in [0, 0.05) is 12.6 Å². The second-order valence-electron chi connectivity index (χ2n) is 6.02. The molecule has 0 aromatic heterocycles. The Bertz CT molecular complexity index is 365. The molecule has 0 spiro atoms. The zero-order chi connectivity index (χ0) is 13.7. The first-order valence-electron chi connectivity index (χ1n) is 7.61. The quantitative estimate of drug-likeness (QED) is 0.875. The van der Waals surface area contributed by atoms with Crippen LogP contribution in [0, 0.1) is 5.92 Å². The first-order valence-corrected chi connectivity index (χ1v) is 7.61. The van der Waals surface area contributed by atoms with Gasteiger partial charge in [0.25, 0.3) is 0 Å². The van der Waals surface area contributed by atoms with Gasteiger partial charge in [0.05, 0.1) is 6.10 Å². The fourth-order valence-corrected chi connectivity index (χ4v) is 3.29. The molecule has 106 valence electrons. The van der Waals surface area contributed by atoms with Gasteiger partial charge in [-0.25, -0.2) is 0 Å². The van der Waals surface area contributed by atoms with Gasteiger partial charge in [-0.1, -0.05) is 50.1 Å². The van der Waals surface area contributed by atoms with E-state index in [2.05, 4.69) is 18.9 Å². The molecule has 1 fully saturated rings. The van der Waals surface area contributed by atoms with Crippen LogP contribution in [0.3, 0.4) is 0 Å². The molecule has 1 aromatic rings. The minimum Gasteiger partial charge on any atom is -0.388 e. The van der Waals surface area contributed by atoms with Crippen LogP contribution >= 0.6 is 0 Å². The van der Waals surface area contributed by atoms with Gasteiger partial charge in [-0.2, -0.15) is 0 Å². The second-order valence-corrected chi connectivity index (χ2v) is 6.02. The molecular formula is C17H27NO. The summed E-state index contributed by atoms with van der Waals surface area (Å²) in [5, 5.41) is 10.2. The van der Waals surface area contributed by atoms with E-state index in [-0.39, 0.29) is 6.10 Å². The van der Waals surface area contributed by atoms with Gasteiger partial charge >= 0.3 is 0 Å². The molecule has 1 aliphatic rings. The van der Waals surface area contributed by atoms with Gasteiger partial charge in [0.2, 0.25) is 0 Å². The lowest BCUT2D eigenvalue weighted by Gasteiger charge is -2.36. The van der Waals surface area contributed by atoms with Crippen molar-refractivity contribution in [2.45, 2.75) is 51.2 Å². The number of benzene rings is 1. The molecular weight excluding hydrogens is 234 g/mol. The van der Waals surface area contributed by atoms with Crippen LogP contribution < -0.4 is 0 Å². The third-order valence-corrected chi connectivity index (χ3v) is 4.57. The van der Waals surface area contributed by atoms with Crippen LogP contribution in [-0.4, -0.2) is 29.6 Å². The zero-order valence-corrected chi connectivity index (χ0v) is 12.3. The molecule has 1 N–H and O–H groups in total. The minimum atomic E-state index is -0.331. The Morgan fingerprint density at radius 2 is 1.89 bits per heavy atom. The van der Waals surface area contributed by atoms with Crippen LogP contribution in [0.2, 0.25) is 0 Å². The van der Waals surface area contributed by atoms with Crippen molar-refractivity contribution in [3.8, 4) is 0 Å². The SMILES string of the molecule is CC1CCCCC1N(C)CCC(O)c1ccccc1. The van der Waals surface area contributed by atoms with Gasteiger partial charge in [0.1, 0.15) is 0 Å². The Kier molecular flexibility index (Phi) is 5.41. The summed E-state index contributed by atoms with van der Waals surface area (Å²) in [4.78, 5) is 2.45. The summed E-state index contributed by atoms with van der Waals surface area (Å²) in [6.45, 7) is 3.35. The molecule has 2 nitrogen and oxygen atoms in total. The topological polar surface area (TPSA) is 23.5 Å². The van der Waals surface area contributed by atoms with E-state index in [1.807, 2.05) is 30.3 Å². The summed E-state index contributed by atoms with van der Waals surface area (Å²) in [6, 6.07) is 10.7. The highest BCUT2D eigenvalue weighted by atomic mass is 16.3. The van der Waals surface area contributed by atoms with Crippen molar-refractivity contribution < 1.29 is 5.11 Å². The van der Waals surface area contributed by atoms with E-state index in [0.717, 1.165) is 24.4 Å². The number of nitrogens with zero attached hydrogens (tertiary/aromatic N) is 1. The molecule has 3 unspecified atom stereocenters. The van der Waals surface area contributed by atoms with Crippen LogP contribution in [0.5, 0.6) is 0 Å². The molecule has 0 radical (unpaired) electrons. The van der Waals surface area contributed by atoms with Crippen LogP contribution in [0.4, 0.5) is 0 Å². The molecule has 0 bridgehead atoms. The normalized spacial score (nSPS) is 25.5. The van der Waals surface area contributed by atoms with Gasteiger partial charge in [-0.3, -0.25) is 0 Å². The van der Waals surface area contributed by atoms with Gasteiger partial charge in [-0.05, 0) is 37.8 Å². The molecule has 1 aliphatic carbocycles. The third-order valence-electron chi connectivity index (χ3n) is 4.57. The van der Waals surface area contributed by atoms with Crippen molar-refractivity contribution in [1.82, 2.24) is 4.90 Å². The maximum atomic E-state index is 10.2.